The predicted octanol–water partition coefficient (Wildman–Crippen LogP) is 10.5. The van der Waals surface area contributed by atoms with Crippen LogP contribution in [-0.4, -0.2) is 60.7 Å². The van der Waals surface area contributed by atoms with E-state index in [-0.39, 0.29) is 40.1 Å². The number of methoxy groups -OCH3 is 1. The molecule has 4 rings (SSSR count). The summed E-state index contributed by atoms with van der Waals surface area (Å²) >= 11 is 6.83. The molecule has 0 saturated heterocycles. The molecule has 3 aromatic rings. The number of aryl methyl sites for hydroxylation is 1. The molecule has 1 heterocycles. The molecule has 0 radical (unpaired) electrons. The number of carbonyl (C=O) groups is 3. The summed E-state index contributed by atoms with van der Waals surface area (Å²) in [5.41, 5.74) is 10.5. The van der Waals surface area contributed by atoms with Crippen LogP contribution in [0.2, 0.25) is 5.02 Å². The minimum Gasteiger partial charge on any atom is -0.481 e. The van der Waals surface area contributed by atoms with Crippen molar-refractivity contribution in [2.45, 2.75) is 139 Å². The smallest absolute Gasteiger partial charge is 0.260 e. The molecule has 2 unspecified atom stereocenters. The van der Waals surface area contributed by atoms with Crippen LogP contribution in [0.15, 0.2) is 48.0 Å². The van der Waals surface area contributed by atoms with Gasteiger partial charge < -0.3 is 31.5 Å². The average Bonchev–Trinajstić information content (AvgIpc) is 3.77. The molecule has 0 spiro atoms. The van der Waals surface area contributed by atoms with E-state index in [4.69, 9.17) is 27.2 Å². The quantitative estimate of drug-likeness (QED) is 0.0514. The van der Waals surface area contributed by atoms with Crippen molar-refractivity contribution in [1.29, 1.82) is 0 Å². The summed E-state index contributed by atoms with van der Waals surface area (Å²) in [4.78, 5) is 41.7. The topological polar surface area (TPSA) is 156 Å². The van der Waals surface area contributed by atoms with Gasteiger partial charge >= 0.3 is 0 Å². The first-order valence-electron chi connectivity index (χ1n) is 22.2. The average molecular weight is 869 g/mol. The maximum absolute atomic E-state index is 15.3. The van der Waals surface area contributed by atoms with Crippen LogP contribution >= 0.6 is 11.6 Å². The second-order valence-electron chi connectivity index (χ2n) is 15.2. The number of carbonyl (C=O) groups excluding carboxylic acids is 3. The fraction of sp³-hybridized carbons (Fsp3) is 0.551. The van der Waals surface area contributed by atoms with E-state index in [2.05, 4.69) is 55.6 Å². The molecular weight excluding hydrogens is 793 g/mol. The van der Waals surface area contributed by atoms with Crippen molar-refractivity contribution in [1.82, 2.24) is 15.6 Å². The Morgan fingerprint density at radius 1 is 1.02 bits per heavy atom. The second-order valence-corrected chi connectivity index (χ2v) is 15.6. The van der Waals surface area contributed by atoms with Gasteiger partial charge in [-0.15, -0.1) is 0 Å². The SMILES string of the molecule is CC.CCC(C)CCC(CC)(CC)NC(=O)C(C)CC.CCCO.CNC(=O)/C(=C\CN)C(=O)Nc1cccc(-c2c(F)ccc(-c3cc4c(c(OC)n3)CCC4)c2Cl)c1C. The van der Waals surface area contributed by atoms with Crippen LogP contribution in [0, 0.1) is 24.6 Å². The van der Waals surface area contributed by atoms with Gasteiger partial charge in [0.2, 0.25) is 11.8 Å². The maximum atomic E-state index is 15.3. The van der Waals surface area contributed by atoms with Gasteiger partial charge in [0.05, 0.1) is 17.8 Å². The first kappa shape index (κ1) is 54.7. The highest BCUT2D eigenvalue weighted by atomic mass is 35.5. The van der Waals surface area contributed by atoms with Gasteiger partial charge in [-0.05, 0) is 112 Å². The Bertz CT molecular complexity index is 1880. The van der Waals surface area contributed by atoms with Crippen LogP contribution in [0.4, 0.5) is 10.1 Å². The molecule has 0 fully saturated rings. The number of amides is 3. The number of benzene rings is 2. The van der Waals surface area contributed by atoms with Crippen LogP contribution < -0.4 is 26.4 Å². The number of likely N-dealkylation sites (N-methyl/N-ethyl adjacent to an activating group) is 1. The number of aliphatic hydroxyl groups excluding tert-OH is 1. The number of halogens is 2. The van der Waals surface area contributed by atoms with Crippen LogP contribution in [-0.2, 0) is 27.2 Å². The Balaban J connectivity index is 0.000000650. The summed E-state index contributed by atoms with van der Waals surface area (Å²) in [6.45, 7) is 21.0. The van der Waals surface area contributed by atoms with E-state index in [1.807, 2.05) is 33.8 Å². The van der Waals surface area contributed by atoms with Crippen molar-refractivity contribution in [2.24, 2.45) is 17.6 Å². The normalized spacial score (nSPS) is 12.8. The third-order valence-electron chi connectivity index (χ3n) is 11.3. The van der Waals surface area contributed by atoms with Crippen LogP contribution in [0.1, 0.15) is 130 Å². The van der Waals surface area contributed by atoms with Crippen LogP contribution in [0.25, 0.3) is 22.4 Å². The lowest BCUT2D eigenvalue weighted by atomic mass is 9.84. The van der Waals surface area contributed by atoms with E-state index in [1.165, 1.54) is 32.0 Å². The van der Waals surface area contributed by atoms with E-state index >= 15 is 4.39 Å². The number of pyridine rings is 1. The summed E-state index contributed by atoms with van der Waals surface area (Å²) in [7, 11) is 3.01. The molecule has 1 aliphatic carbocycles. The predicted molar refractivity (Wildman–Crippen MR) is 252 cm³/mol. The lowest BCUT2D eigenvalue weighted by Crippen LogP contribution is -2.49. The summed E-state index contributed by atoms with van der Waals surface area (Å²) in [5, 5.41) is 16.6. The number of rotatable bonds is 17. The molecule has 340 valence electrons. The number of nitrogens with one attached hydrogen (secondary N) is 3. The largest absolute Gasteiger partial charge is 0.481 e. The molecule has 12 heteroatoms. The molecule has 0 bridgehead atoms. The Kier molecular flexibility index (Phi) is 25.4. The summed E-state index contributed by atoms with van der Waals surface area (Å²) in [6, 6.07) is 10.0. The number of nitrogens with two attached hydrogens (primary N) is 1. The molecule has 2 atom stereocenters. The Morgan fingerprint density at radius 2 is 1.67 bits per heavy atom. The summed E-state index contributed by atoms with van der Waals surface area (Å²) < 4.78 is 20.8. The third-order valence-corrected chi connectivity index (χ3v) is 11.7. The lowest BCUT2D eigenvalue weighted by Gasteiger charge is -2.35. The molecule has 0 aliphatic heterocycles. The van der Waals surface area contributed by atoms with Crippen LogP contribution in [0.5, 0.6) is 5.88 Å². The molecule has 6 N–H and O–H groups in total. The van der Waals surface area contributed by atoms with Crippen molar-refractivity contribution in [2.75, 3.05) is 32.6 Å². The molecule has 10 nitrogen and oxygen atoms in total. The number of anilines is 1. The first-order chi connectivity index (χ1) is 29.2. The van der Waals surface area contributed by atoms with Crippen molar-refractivity contribution in [3.63, 3.8) is 0 Å². The Labute approximate surface area is 371 Å². The number of aliphatic hydroxyl groups is 1. The van der Waals surface area contributed by atoms with Gasteiger partial charge in [-0.2, -0.15) is 0 Å². The van der Waals surface area contributed by atoms with E-state index in [1.54, 1.807) is 38.3 Å². The highest BCUT2D eigenvalue weighted by Gasteiger charge is 2.29. The van der Waals surface area contributed by atoms with Gasteiger partial charge in [0, 0.05) is 54.0 Å². The van der Waals surface area contributed by atoms with Crippen molar-refractivity contribution < 1.29 is 28.6 Å². The number of hydrogen-bond acceptors (Lipinski definition) is 7. The lowest BCUT2D eigenvalue weighted by molar-refractivity contribution is -0.127. The summed E-state index contributed by atoms with van der Waals surface area (Å²) in [5.74, 6) is -0.0251. The van der Waals surface area contributed by atoms with E-state index in [9.17, 15) is 14.4 Å². The number of hydrogen-bond donors (Lipinski definition) is 5. The molecule has 61 heavy (non-hydrogen) atoms. The number of aromatic nitrogens is 1. The van der Waals surface area contributed by atoms with Gasteiger partial charge in [-0.3, -0.25) is 14.4 Å². The van der Waals surface area contributed by atoms with Crippen molar-refractivity contribution in [3.8, 4) is 28.3 Å². The molecule has 2 aromatic carbocycles. The molecule has 0 saturated carbocycles. The highest BCUT2D eigenvalue weighted by Crippen LogP contribution is 2.42. The zero-order chi connectivity index (χ0) is 46.3. The van der Waals surface area contributed by atoms with E-state index in [0.29, 0.717) is 40.6 Å². The standard InChI is InChI=1S/C28H28ClFN4O3.C16H33NO.C3H8O.C2H6/c1-15-17(7-5-9-22(15)33-27(36)20(12-13-31)26(35)32-2)24-21(30)11-10-19(25(24)29)23-14-16-6-4-8-18(16)28(34-23)37-3;1-7-13(5)11-12-16(9-3,10-4)17-15(18)14(6)8-2;1-2-3-4;1-2/h5,7,9-12,14H,4,6,8,13,31H2,1-3H3,(H,32,35)(H,33,36);13-14H,7-12H2,1-6H3,(H,17,18);4H,2-3H2,1H3;1-2H3/b20-12+;;;. The van der Waals surface area contributed by atoms with Gasteiger partial charge in [-0.1, -0.05) is 98.5 Å². The number of nitrogens with zero attached hydrogens (tertiary/aromatic N) is 1. The van der Waals surface area contributed by atoms with Gasteiger partial charge in [-0.25, -0.2) is 9.37 Å². The molecular formula is C49H75ClFN5O5. The first-order valence-corrected chi connectivity index (χ1v) is 22.6. The van der Waals surface area contributed by atoms with Gasteiger partial charge in [0.25, 0.3) is 11.8 Å². The highest BCUT2D eigenvalue weighted by molar-refractivity contribution is 6.36. The van der Waals surface area contributed by atoms with E-state index < -0.39 is 17.6 Å². The fourth-order valence-corrected chi connectivity index (χ4v) is 7.11. The number of fused-ring (bicyclic) bond motifs is 1. The Morgan fingerprint density at radius 3 is 2.21 bits per heavy atom. The Hall–Kier alpha value is -4.32. The monoisotopic (exact) mass is 868 g/mol. The second kappa shape index (κ2) is 28.3. The number of ether oxygens (including phenoxy) is 1. The van der Waals surface area contributed by atoms with Crippen LogP contribution in [0.3, 0.4) is 0 Å². The van der Waals surface area contributed by atoms with Crippen molar-refractivity contribution >= 4 is 35.0 Å². The van der Waals surface area contributed by atoms with Gasteiger partial charge in [0.15, 0.2) is 0 Å². The molecule has 1 aromatic heterocycles. The van der Waals surface area contributed by atoms with E-state index in [0.717, 1.165) is 68.4 Å². The van der Waals surface area contributed by atoms with Gasteiger partial charge in [0.1, 0.15) is 11.4 Å². The molecule has 3 amide bonds. The van der Waals surface area contributed by atoms with Crippen molar-refractivity contribution in [3.05, 3.63) is 75.6 Å². The summed E-state index contributed by atoms with van der Waals surface area (Å²) in [6.07, 6.45) is 11.6. The molecule has 1 aliphatic rings. The minimum atomic E-state index is -0.625. The maximum Gasteiger partial charge on any atom is 0.260 e. The fourth-order valence-electron chi connectivity index (χ4n) is 6.76. The third kappa shape index (κ3) is 15.5. The zero-order valence-electron chi connectivity index (χ0n) is 39.0. The zero-order valence-corrected chi connectivity index (χ0v) is 39.8. The minimum absolute atomic E-state index is 0.0178.